The summed E-state index contributed by atoms with van der Waals surface area (Å²) in [5, 5.41) is 3.71. The van der Waals surface area contributed by atoms with Crippen molar-refractivity contribution >= 4 is 16.0 Å². The second-order valence-corrected chi connectivity index (χ2v) is 8.06. The molecule has 0 spiro atoms. The van der Waals surface area contributed by atoms with Crippen LogP contribution < -0.4 is 0 Å². The molecule has 2 aromatic rings. The van der Waals surface area contributed by atoms with E-state index in [0.717, 1.165) is 6.07 Å². The lowest BCUT2D eigenvalue weighted by Crippen LogP contribution is -2.40. The normalized spacial score (nSPS) is 16.5. The van der Waals surface area contributed by atoms with E-state index < -0.39 is 27.7 Å². The van der Waals surface area contributed by atoms with Gasteiger partial charge in [-0.05, 0) is 31.9 Å². The average Bonchev–Trinajstić information content (AvgIpc) is 3.05. The maximum Gasteiger partial charge on any atom is 0.309 e. The first-order valence-corrected chi connectivity index (χ1v) is 9.65. The second kappa shape index (κ2) is 7.55. The molecule has 0 N–H and O–H groups in total. The van der Waals surface area contributed by atoms with Gasteiger partial charge in [0.2, 0.25) is 10.0 Å². The molecule has 1 aliphatic rings. The van der Waals surface area contributed by atoms with Crippen LogP contribution in [0.15, 0.2) is 39.8 Å². The molecule has 0 amide bonds. The number of carbonyl (C=O) groups excluding carboxylic acids is 1. The van der Waals surface area contributed by atoms with E-state index in [1.807, 2.05) is 0 Å². The lowest BCUT2D eigenvalue weighted by molar-refractivity contribution is -0.151. The molecule has 140 valence electrons. The van der Waals surface area contributed by atoms with E-state index in [0.29, 0.717) is 24.3 Å². The number of hydrogen-bond acceptors (Lipinski definition) is 6. The predicted octanol–water partition coefficient (Wildman–Crippen LogP) is 2.27. The Hall–Kier alpha value is -2.26. The Labute approximate surface area is 150 Å². The highest BCUT2D eigenvalue weighted by atomic mass is 32.2. The van der Waals surface area contributed by atoms with Crippen LogP contribution in [-0.4, -0.2) is 36.9 Å². The quantitative estimate of drug-likeness (QED) is 0.737. The highest BCUT2D eigenvalue weighted by Crippen LogP contribution is 2.26. The molecule has 1 saturated heterocycles. The van der Waals surface area contributed by atoms with Crippen molar-refractivity contribution in [3.8, 4) is 0 Å². The summed E-state index contributed by atoms with van der Waals surface area (Å²) in [4.78, 5) is 11.8. The molecule has 0 unspecified atom stereocenters. The Kier molecular flexibility index (Phi) is 5.38. The highest BCUT2D eigenvalue weighted by molar-refractivity contribution is 7.89. The number of piperidine rings is 1. The fourth-order valence-electron chi connectivity index (χ4n) is 2.87. The van der Waals surface area contributed by atoms with E-state index in [9.17, 15) is 17.6 Å². The van der Waals surface area contributed by atoms with Crippen LogP contribution in [0.3, 0.4) is 0 Å². The van der Waals surface area contributed by atoms with Gasteiger partial charge in [0.05, 0.1) is 11.6 Å². The number of rotatable bonds is 5. The molecule has 1 aromatic carbocycles. The summed E-state index contributed by atoms with van der Waals surface area (Å²) in [6.07, 6.45) is 0.643. The number of carbonyl (C=O) groups is 1. The van der Waals surface area contributed by atoms with Crippen molar-refractivity contribution in [2.45, 2.75) is 31.3 Å². The Morgan fingerprint density at radius 1 is 1.35 bits per heavy atom. The van der Waals surface area contributed by atoms with Crippen LogP contribution in [0.2, 0.25) is 0 Å². The van der Waals surface area contributed by atoms with Crippen LogP contribution in [-0.2, 0) is 26.2 Å². The van der Waals surface area contributed by atoms with Crippen LogP contribution in [0.25, 0.3) is 0 Å². The topological polar surface area (TPSA) is 89.7 Å². The molecule has 0 saturated carbocycles. The van der Waals surface area contributed by atoms with Gasteiger partial charge in [-0.1, -0.05) is 17.3 Å². The van der Waals surface area contributed by atoms with Gasteiger partial charge in [-0.2, -0.15) is 4.31 Å². The Balaban J connectivity index is 1.57. The molecule has 1 fully saturated rings. The molecule has 0 bridgehead atoms. The molecule has 0 aliphatic carbocycles. The summed E-state index contributed by atoms with van der Waals surface area (Å²) in [5.41, 5.74) is 0.697. The third kappa shape index (κ3) is 3.94. The van der Waals surface area contributed by atoms with Crippen molar-refractivity contribution in [1.29, 1.82) is 0 Å². The fraction of sp³-hybridized carbons (Fsp3) is 0.412. The van der Waals surface area contributed by atoms with Gasteiger partial charge in [0.25, 0.3) is 0 Å². The summed E-state index contributed by atoms with van der Waals surface area (Å²) in [6, 6.07) is 6.95. The molecule has 0 atom stereocenters. The van der Waals surface area contributed by atoms with E-state index in [-0.39, 0.29) is 24.6 Å². The number of ether oxygens (including phenoxy) is 1. The predicted molar refractivity (Wildman–Crippen MR) is 88.9 cm³/mol. The van der Waals surface area contributed by atoms with E-state index in [4.69, 9.17) is 9.26 Å². The van der Waals surface area contributed by atoms with Crippen molar-refractivity contribution in [2.75, 3.05) is 13.1 Å². The van der Waals surface area contributed by atoms with Crippen molar-refractivity contribution in [3.63, 3.8) is 0 Å². The molecular weight excluding hydrogens is 363 g/mol. The minimum Gasteiger partial charge on any atom is -0.457 e. The number of hydrogen-bond donors (Lipinski definition) is 0. The second-order valence-electron chi connectivity index (χ2n) is 6.15. The van der Waals surface area contributed by atoms with Gasteiger partial charge in [0.1, 0.15) is 10.7 Å². The maximum absolute atomic E-state index is 13.8. The van der Waals surface area contributed by atoms with Crippen LogP contribution in [0.5, 0.6) is 0 Å². The lowest BCUT2D eigenvalue weighted by Gasteiger charge is -2.30. The van der Waals surface area contributed by atoms with Crippen LogP contribution in [0, 0.1) is 18.7 Å². The summed E-state index contributed by atoms with van der Waals surface area (Å²) in [7, 11) is -3.91. The van der Waals surface area contributed by atoms with Gasteiger partial charge in [-0.15, -0.1) is 0 Å². The molecule has 0 radical (unpaired) electrons. The maximum atomic E-state index is 13.8. The van der Waals surface area contributed by atoms with Crippen LogP contribution >= 0.6 is 0 Å². The zero-order valence-electron chi connectivity index (χ0n) is 14.2. The summed E-state index contributed by atoms with van der Waals surface area (Å²) < 4.78 is 50.3. The Morgan fingerprint density at radius 3 is 2.65 bits per heavy atom. The van der Waals surface area contributed by atoms with Crippen LogP contribution in [0.4, 0.5) is 4.39 Å². The lowest BCUT2D eigenvalue weighted by atomic mass is 9.98. The van der Waals surface area contributed by atoms with Crippen molar-refractivity contribution in [3.05, 3.63) is 47.6 Å². The summed E-state index contributed by atoms with van der Waals surface area (Å²) >= 11 is 0. The first kappa shape index (κ1) is 18.5. The first-order chi connectivity index (χ1) is 12.4. The molecule has 1 aliphatic heterocycles. The summed E-state index contributed by atoms with van der Waals surface area (Å²) in [5.74, 6) is -1.13. The van der Waals surface area contributed by atoms with E-state index >= 15 is 0 Å². The molecule has 7 nitrogen and oxygen atoms in total. The molecule has 26 heavy (non-hydrogen) atoms. The molecule has 1 aromatic heterocycles. The van der Waals surface area contributed by atoms with Gasteiger partial charge in [0.15, 0.2) is 12.4 Å². The number of nitrogens with zero attached hydrogens (tertiary/aromatic N) is 2. The van der Waals surface area contributed by atoms with E-state index in [1.165, 1.54) is 22.5 Å². The SMILES string of the molecule is Cc1cc(COC(=O)C2CCN(S(=O)(=O)c3ccccc3F)CC2)on1. The minimum absolute atomic E-state index is 0.00653. The van der Waals surface area contributed by atoms with Gasteiger partial charge in [0, 0.05) is 19.2 Å². The number of aryl methyl sites for hydroxylation is 1. The van der Waals surface area contributed by atoms with Gasteiger partial charge in [-0.25, -0.2) is 12.8 Å². The number of esters is 1. The molecule has 9 heteroatoms. The van der Waals surface area contributed by atoms with Crippen molar-refractivity contribution in [2.24, 2.45) is 5.92 Å². The first-order valence-electron chi connectivity index (χ1n) is 8.21. The Bertz CT molecular complexity index is 888. The van der Waals surface area contributed by atoms with E-state index in [2.05, 4.69) is 5.16 Å². The highest BCUT2D eigenvalue weighted by Gasteiger charge is 2.34. The zero-order valence-corrected chi connectivity index (χ0v) is 15.0. The van der Waals surface area contributed by atoms with Crippen molar-refractivity contribution < 1.29 is 26.9 Å². The largest absolute Gasteiger partial charge is 0.457 e. The molecular formula is C17H19FN2O5S. The number of halogens is 1. The Morgan fingerprint density at radius 2 is 2.04 bits per heavy atom. The van der Waals surface area contributed by atoms with Crippen molar-refractivity contribution in [1.82, 2.24) is 9.46 Å². The average molecular weight is 382 g/mol. The number of sulfonamides is 1. The smallest absolute Gasteiger partial charge is 0.309 e. The minimum atomic E-state index is -3.91. The number of aromatic nitrogens is 1. The van der Waals surface area contributed by atoms with Gasteiger partial charge in [-0.3, -0.25) is 4.79 Å². The van der Waals surface area contributed by atoms with Gasteiger partial charge < -0.3 is 9.26 Å². The third-order valence-corrected chi connectivity index (χ3v) is 6.21. The van der Waals surface area contributed by atoms with Crippen LogP contribution in [0.1, 0.15) is 24.3 Å². The standard InChI is InChI=1S/C17H19FN2O5S/c1-12-10-14(25-19-12)11-24-17(21)13-6-8-20(9-7-13)26(22,23)16-5-3-2-4-15(16)18/h2-5,10,13H,6-9,11H2,1H3. The molecule has 2 heterocycles. The molecule has 3 rings (SSSR count). The zero-order chi connectivity index (χ0) is 18.7. The number of benzene rings is 1. The van der Waals surface area contributed by atoms with Gasteiger partial charge >= 0.3 is 5.97 Å². The third-order valence-electron chi connectivity index (χ3n) is 4.28. The fourth-order valence-corrected chi connectivity index (χ4v) is 4.40. The van der Waals surface area contributed by atoms with E-state index in [1.54, 1.807) is 13.0 Å². The summed E-state index contributed by atoms with van der Waals surface area (Å²) in [6.45, 7) is 2.03. The monoisotopic (exact) mass is 382 g/mol.